The van der Waals surface area contributed by atoms with Crippen molar-refractivity contribution < 1.29 is 4.79 Å². The first-order valence-corrected chi connectivity index (χ1v) is 6.84. The average molecular weight is 285 g/mol. The number of aromatic amines is 1. The van der Waals surface area contributed by atoms with E-state index >= 15 is 0 Å². The Morgan fingerprint density at radius 1 is 1.19 bits per heavy atom. The van der Waals surface area contributed by atoms with Crippen molar-refractivity contribution in [2.24, 2.45) is 0 Å². The molecule has 0 radical (unpaired) electrons. The van der Waals surface area contributed by atoms with Crippen molar-refractivity contribution in [3.63, 3.8) is 0 Å². The number of amides is 1. The van der Waals surface area contributed by atoms with Crippen LogP contribution < -0.4 is 10.9 Å². The van der Waals surface area contributed by atoms with Crippen LogP contribution in [0, 0.1) is 20.8 Å². The maximum absolute atomic E-state index is 12.0. The molecular formula is C16H19N3O2. The van der Waals surface area contributed by atoms with Crippen LogP contribution in [0.4, 0.5) is 0 Å². The molecular weight excluding hydrogens is 266 g/mol. The van der Waals surface area contributed by atoms with Crippen molar-refractivity contribution in [1.82, 2.24) is 15.3 Å². The lowest BCUT2D eigenvalue weighted by Crippen LogP contribution is -2.28. The van der Waals surface area contributed by atoms with Crippen molar-refractivity contribution in [3.05, 3.63) is 62.8 Å². The van der Waals surface area contributed by atoms with Crippen molar-refractivity contribution in [1.29, 1.82) is 0 Å². The molecule has 0 aliphatic rings. The molecule has 0 unspecified atom stereocenters. The standard InChI is InChI=1S/C16H19N3O2/c1-10-4-6-13(7-5-10)9-17-15(20)8-14-11(2)18-12(3)19-16(14)21/h4-7H,8-9H2,1-3H3,(H,17,20)(H,18,19,21). The van der Waals surface area contributed by atoms with Crippen LogP contribution >= 0.6 is 0 Å². The van der Waals surface area contributed by atoms with E-state index in [4.69, 9.17) is 0 Å². The van der Waals surface area contributed by atoms with Gasteiger partial charge in [-0.25, -0.2) is 4.98 Å². The van der Waals surface area contributed by atoms with Gasteiger partial charge in [-0.3, -0.25) is 9.59 Å². The molecule has 0 saturated carbocycles. The Bertz CT molecular complexity index is 702. The first-order valence-electron chi connectivity index (χ1n) is 6.84. The Morgan fingerprint density at radius 2 is 1.86 bits per heavy atom. The minimum Gasteiger partial charge on any atom is -0.352 e. The number of nitrogens with one attached hydrogen (secondary N) is 2. The van der Waals surface area contributed by atoms with Gasteiger partial charge in [0, 0.05) is 17.8 Å². The molecule has 0 aliphatic carbocycles. The number of nitrogens with zero attached hydrogens (tertiary/aromatic N) is 1. The summed E-state index contributed by atoms with van der Waals surface area (Å²) in [6, 6.07) is 7.95. The molecule has 1 amide bonds. The molecule has 1 heterocycles. The third-order valence-corrected chi connectivity index (χ3v) is 3.29. The van der Waals surface area contributed by atoms with E-state index in [2.05, 4.69) is 15.3 Å². The summed E-state index contributed by atoms with van der Waals surface area (Å²) in [6.45, 7) is 5.93. The highest BCUT2D eigenvalue weighted by Gasteiger charge is 2.11. The molecule has 0 atom stereocenters. The molecule has 5 heteroatoms. The van der Waals surface area contributed by atoms with Gasteiger partial charge in [0.05, 0.1) is 6.42 Å². The third-order valence-electron chi connectivity index (χ3n) is 3.29. The Hall–Kier alpha value is -2.43. The zero-order valence-electron chi connectivity index (χ0n) is 12.5. The number of hydrogen-bond acceptors (Lipinski definition) is 3. The summed E-state index contributed by atoms with van der Waals surface area (Å²) in [5.41, 5.74) is 2.98. The predicted molar refractivity (Wildman–Crippen MR) is 81.1 cm³/mol. The number of carbonyl (C=O) groups excluding carboxylic acids is 1. The molecule has 0 bridgehead atoms. The van der Waals surface area contributed by atoms with Gasteiger partial charge in [-0.1, -0.05) is 29.8 Å². The fraction of sp³-hybridized carbons (Fsp3) is 0.312. The van der Waals surface area contributed by atoms with Crippen LogP contribution in [-0.2, 0) is 17.8 Å². The number of carbonyl (C=O) groups is 1. The monoisotopic (exact) mass is 285 g/mol. The van der Waals surface area contributed by atoms with Gasteiger partial charge in [-0.05, 0) is 26.3 Å². The number of aryl methyl sites for hydroxylation is 3. The lowest BCUT2D eigenvalue weighted by Gasteiger charge is -2.07. The van der Waals surface area contributed by atoms with Crippen LogP contribution in [-0.4, -0.2) is 15.9 Å². The van der Waals surface area contributed by atoms with Gasteiger partial charge in [0.1, 0.15) is 5.82 Å². The van der Waals surface area contributed by atoms with E-state index in [1.54, 1.807) is 13.8 Å². The maximum Gasteiger partial charge on any atom is 0.254 e. The first-order chi connectivity index (χ1) is 9.95. The number of benzene rings is 1. The van der Waals surface area contributed by atoms with E-state index in [1.165, 1.54) is 5.56 Å². The molecule has 5 nitrogen and oxygen atoms in total. The molecule has 1 aromatic heterocycles. The van der Waals surface area contributed by atoms with Crippen molar-refractivity contribution in [2.45, 2.75) is 33.7 Å². The van der Waals surface area contributed by atoms with E-state index in [0.29, 0.717) is 23.6 Å². The average Bonchev–Trinajstić information content (AvgIpc) is 2.42. The Balaban J connectivity index is 1.99. The fourth-order valence-electron chi connectivity index (χ4n) is 2.09. The summed E-state index contributed by atoms with van der Waals surface area (Å²) in [4.78, 5) is 30.6. The Morgan fingerprint density at radius 3 is 2.48 bits per heavy atom. The van der Waals surface area contributed by atoms with Gasteiger partial charge in [0.25, 0.3) is 5.56 Å². The molecule has 21 heavy (non-hydrogen) atoms. The van der Waals surface area contributed by atoms with Crippen molar-refractivity contribution >= 4 is 5.91 Å². The molecule has 0 saturated heterocycles. The molecule has 2 rings (SSSR count). The van der Waals surface area contributed by atoms with Crippen LogP contribution in [0.3, 0.4) is 0 Å². The van der Waals surface area contributed by atoms with Gasteiger partial charge >= 0.3 is 0 Å². The van der Waals surface area contributed by atoms with Crippen LogP contribution in [0.5, 0.6) is 0 Å². The quantitative estimate of drug-likeness (QED) is 0.895. The summed E-state index contributed by atoms with van der Waals surface area (Å²) in [5, 5.41) is 2.82. The lowest BCUT2D eigenvalue weighted by atomic mass is 10.1. The van der Waals surface area contributed by atoms with E-state index < -0.39 is 0 Å². The molecule has 2 aromatic rings. The summed E-state index contributed by atoms with van der Waals surface area (Å²) >= 11 is 0. The lowest BCUT2D eigenvalue weighted by molar-refractivity contribution is -0.120. The summed E-state index contributed by atoms with van der Waals surface area (Å²) in [7, 11) is 0. The minimum absolute atomic E-state index is 0.0420. The van der Waals surface area contributed by atoms with E-state index in [9.17, 15) is 9.59 Å². The summed E-state index contributed by atoms with van der Waals surface area (Å²) in [5.74, 6) is 0.371. The number of rotatable bonds is 4. The van der Waals surface area contributed by atoms with Gasteiger partial charge < -0.3 is 10.3 Å². The molecule has 2 N–H and O–H groups in total. The first kappa shape index (κ1) is 15.0. The Labute approximate surface area is 123 Å². The van der Waals surface area contributed by atoms with Gasteiger partial charge in [-0.2, -0.15) is 0 Å². The fourth-order valence-corrected chi connectivity index (χ4v) is 2.09. The van der Waals surface area contributed by atoms with E-state index in [0.717, 1.165) is 5.56 Å². The summed E-state index contributed by atoms with van der Waals surface area (Å²) < 4.78 is 0. The second-order valence-electron chi connectivity index (χ2n) is 5.15. The predicted octanol–water partition coefficient (Wildman–Crippen LogP) is 1.55. The SMILES string of the molecule is Cc1ccc(CNC(=O)Cc2c(C)nc(C)[nH]c2=O)cc1. The van der Waals surface area contributed by atoms with Crippen LogP contribution in [0.1, 0.15) is 28.2 Å². The van der Waals surface area contributed by atoms with Gasteiger partial charge in [0.2, 0.25) is 5.91 Å². The summed E-state index contributed by atoms with van der Waals surface area (Å²) in [6.07, 6.45) is 0.0420. The Kier molecular flexibility index (Phi) is 4.52. The third kappa shape index (κ3) is 4.02. The molecule has 0 spiro atoms. The number of hydrogen-bond donors (Lipinski definition) is 2. The van der Waals surface area contributed by atoms with Gasteiger partial charge in [-0.15, -0.1) is 0 Å². The van der Waals surface area contributed by atoms with E-state index in [-0.39, 0.29) is 17.9 Å². The largest absolute Gasteiger partial charge is 0.352 e. The number of H-pyrrole nitrogens is 1. The highest BCUT2D eigenvalue weighted by atomic mass is 16.2. The topological polar surface area (TPSA) is 74.8 Å². The highest BCUT2D eigenvalue weighted by molar-refractivity contribution is 5.78. The molecule has 0 aliphatic heterocycles. The second-order valence-corrected chi connectivity index (χ2v) is 5.15. The second kappa shape index (κ2) is 6.35. The zero-order valence-corrected chi connectivity index (χ0v) is 12.5. The normalized spacial score (nSPS) is 10.4. The van der Waals surface area contributed by atoms with E-state index in [1.807, 2.05) is 31.2 Å². The highest BCUT2D eigenvalue weighted by Crippen LogP contribution is 2.03. The molecule has 110 valence electrons. The van der Waals surface area contributed by atoms with Crippen molar-refractivity contribution in [3.8, 4) is 0 Å². The molecule has 1 aromatic carbocycles. The zero-order chi connectivity index (χ0) is 15.4. The smallest absolute Gasteiger partial charge is 0.254 e. The van der Waals surface area contributed by atoms with Crippen LogP contribution in [0.25, 0.3) is 0 Å². The van der Waals surface area contributed by atoms with Crippen LogP contribution in [0.2, 0.25) is 0 Å². The van der Waals surface area contributed by atoms with Crippen molar-refractivity contribution in [2.75, 3.05) is 0 Å². The minimum atomic E-state index is -0.245. The number of aromatic nitrogens is 2. The van der Waals surface area contributed by atoms with Gasteiger partial charge in [0.15, 0.2) is 0 Å². The maximum atomic E-state index is 12.0. The van der Waals surface area contributed by atoms with Crippen LogP contribution in [0.15, 0.2) is 29.1 Å². The molecule has 0 fully saturated rings.